The second-order valence-electron chi connectivity index (χ2n) is 7.73. The van der Waals surface area contributed by atoms with Gasteiger partial charge in [-0.2, -0.15) is 0 Å². The van der Waals surface area contributed by atoms with Crippen LogP contribution in [-0.4, -0.2) is 57.0 Å². The molecule has 2 rings (SSSR count). The second-order valence-corrected chi connectivity index (χ2v) is 9.74. The maximum atomic E-state index is 12.1. The number of hydrogen-bond acceptors (Lipinski definition) is 4. The van der Waals surface area contributed by atoms with Crippen LogP contribution in [0.3, 0.4) is 0 Å². The molecule has 5 nitrogen and oxygen atoms in total. The zero-order chi connectivity index (χ0) is 17.0. The van der Waals surface area contributed by atoms with E-state index in [9.17, 15) is 9.00 Å². The standard InChI is InChI=1S/C17H32N2O3S/c1-5-23(21)15-8-6-7-13(11-15)18-14-9-10-19(12-14)16(20)22-17(2,3)4/h13-15,18H,5-12H2,1-4H3/t13-,14-,15-,23+/m1/s1. The molecule has 1 saturated carbocycles. The van der Waals surface area contributed by atoms with Crippen molar-refractivity contribution in [1.29, 1.82) is 0 Å². The quantitative estimate of drug-likeness (QED) is 0.852. The van der Waals surface area contributed by atoms with Crippen LogP contribution in [0.25, 0.3) is 0 Å². The van der Waals surface area contributed by atoms with Crippen molar-refractivity contribution in [2.24, 2.45) is 0 Å². The average molecular weight is 345 g/mol. The monoisotopic (exact) mass is 344 g/mol. The summed E-state index contributed by atoms with van der Waals surface area (Å²) in [6.45, 7) is 9.16. The Balaban J connectivity index is 1.79. The predicted octanol–water partition coefficient (Wildman–Crippen LogP) is 2.67. The van der Waals surface area contributed by atoms with E-state index in [0.717, 1.165) is 44.4 Å². The van der Waals surface area contributed by atoms with Crippen molar-refractivity contribution in [2.45, 2.75) is 82.7 Å². The Kier molecular flexibility index (Phi) is 6.48. The summed E-state index contributed by atoms with van der Waals surface area (Å²) in [7, 11) is -0.688. The molecule has 23 heavy (non-hydrogen) atoms. The molecule has 2 aliphatic rings. The van der Waals surface area contributed by atoms with E-state index in [1.807, 2.05) is 27.7 Å². The number of nitrogens with one attached hydrogen (secondary N) is 1. The van der Waals surface area contributed by atoms with Crippen LogP contribution in [0.1, 0.15) is 59.8 Å². The van der Waals surface area contributed by atoms with Gasteiger partial charge in [0.1, 0.15) is 5.60 Å². The zero-order valence-corrected chi connectivity index (χ0v) is 15.8. The molecule has 1 aliphatic heterocycles. The fraction of sp³-hybridized carbons (Fsp3) is 0.941. The van der Waals surface area contributed by atoms with Gasteiger partial charge < -0.3 is 15.0 Å². The highest BCUT2D eigenvalue weighted by Gasteiger charge is 2.32. The van der Waals surface area contributed by atoms with Gasteiger partial charge in [-0.05, 0) is 46.5 Å². The van der Waals surface area contributed by atoms with Gasteiger partial charge in [0.15, 0.2) is 0 Å². The van der Waals surface area contributed by atoms with Crippen molar-refractivity contribution in [3.8, 4) is 0 Å². The van der Waals surface area contributed by atoms with Crippen molar-refractivity contribution in [3.63, 3.8) is 0 Å². The Morgan fingerprint density at radius 3 is 2.65 bits per heavy atom. The van der Waals surface area contributed by atoms with E-state index >= 15 is 0 Å². The Labute approximate surface area is 143 Å². The maximum absolute atomic E-state index is 12.1. The van der Waals surface area contributed by atoms with Gasteiger partial charge in [-0.25, -0.2) is 4.79 Å². The molecular formula is C17H32N2O3S. The number of ether oxygens (including phenoxy) is 1. The summed E-state index contributed by atoms with van der Waals surface area (Å²) in [6, 6.07) is 0.772. The molecule has 1 saturated heterocycles. The molecule has 6 heteroatoms. The summed E-state index contributed by atoms with van der Waals surface area (Å²) >= 11 is 0. The van der Waals surface area contributed by atoms with E-state index in [2.05, 4.69) is 5.32 Å². The molecule has 1 amide bonds. The Bertz CT molecular complexity index is 436. The molecule has 0 aromatic carbocycles. The van der Waals surface area contributed by atoms with Crippen molar-refractivity contribution < 1.29 is 13.7 Å². The normalized spacial score (nSPS) is 30.3. The van der Waals surface area contributed by atoms with Gasteiger partial charge in [0.25, 0.3) is 0 Å². The maximum Gasteiger partial charge on any atom is 0.410 e. The molecule has 4 atom stereocenters. The van der Waals surface area contributed by atoms with Crippen LogP contribution in [0.15, 0.2) is 0 Å². The Morgan fingerprint density at radius 1 is 1.26 bits per heavy atom. The van der Waals surface area contributed by atoms with Gasteiger partial charge in [0, 0.05) is 47.0 Å². The molecule has 0 unspecified atom stereocenters. The van der Waals surface area contributed by atoms with E-state index in [-0.39, 0.29) is 6.09 Å². The molecule has 0 spiro atoms. The van der Waals surface area contributed by atoms with Crippen LogP contribution in [0.4, 0.5) is 4.79 Å². The minimum Gasteiger partial charge on any atom is -0.444 e. The van der Waals surface area contributed by atoms with Gasteiger partial charge in [-0.1, -0.05) is 13.3 Å². The Hall–Kier alpha value is -0.620. The number of carbonyl (C=O) groups is 1. The first-order valence-corrected chi connectivity index (χ1v) is 10.3. The van der Waals surface area contributed by atoms with Crippen LogP contribution >= 0.6 is 0 Å². The highest BCUT2D eigenvalue weighted by molar-refractivity contribution is 7.85. The minimum atomic E-state index is -0.688. The lowest BCUT2D eigenvalue weighted by Crippen LogP contribution is -2.45. The lowest BCUT2D eigenvalue weighted by atomic mass is 9.94. The van der Waals surface area contributed by atoms with Crippen LogP contribution in [-0.2, 0) is 15.5 Å². The first-order valence-electron chi connectivity index (χ1n) is 8.89. The molecule has 0 radical (unpaired) electrons. The Morgan fingerprint density at radius 2 is 2.00 bits per heavy atom. The van der Waals surface area contributed by atoms with Gasteiger partial charge >= 0.3 is 6.09 Å². The van der Waals surface area contributed by atoms with E-state index in [1.54, 1.807) is 4.90 Å². The lowest BCUT2D eigenvalue weighted by Gasteiger charge is -2.31. The summed E-state index contributed by atoms with van der Waals surface area (Å²) in [5.74, 6) is 0.757. The predicted molar refractivity (Wildman–Crippen MR) is 94.1 cm³/mol. The highest BCUT2D eigenvalue weighted by Crippen LogP contribution is 2.24. The molecule has 0 bridgehead atoms. The first kappa shape index (κ1) is 18.7. The third-order valence-corrected chi connectivity index (χ3v) is 6.33. The topological polar surface area (TPSA) is 58.6 Å². The summed E-state index contributed by atoms with van der Waals surface area (Å²) in [5, 5.41) is 4.03. The van der Waals surface area contributed by atoms with Gasteiger partial charge in [-0.15, -0.1) is 0 Å². The zero-order valence-electron chi connectivity index (χ0n) is 15.0. The van der Waals surface area contributed by atoms with E-state index in [4.69, 9.17) is 4.74 Å². The van der Waals surface area contributed by atoms with Crippen LogP contribution < -0.4 is 5.32 Å². The molecule has 134 valence electrons. The molecule has 1 N–H and O–H groups in total. The molecule has 0 aromatic heterocycles. The van der Waals surface area contributed by atoms with Crippen LogP contribution in [0.5, 0.6) is 0 Å². The van der Waals surface area contributed by atoms with E-state index in [1.165, 1.54) is 0 Å². The van der Waals surface area contributed by atoms with E-state index in [0.29, 0.717) is 23.9 Å². The number of amides is 1. The summed E-state index contributed by atoms with van der Waals surface area (Å²) in [5.41, 5.74) is -0.441. The molecule has 1 heterocycles. The summed E-state index contributed by atoms with van der Waals surface area (Å²) in [6.07, 6.45) is 5.15. The number of rotatable bonds is 4. The van der Waals surface area contributed by atoms with E-state index < -0.39 is 16.4 Å². The summed E-state index contributed by atoms with van der Waals surface area (Å²) in [4.78, 5) is 13.9. The van der Waals surface area contributed by atoms with Crippen LogP contribution in [0.2, 0.25) is 0 Å². The van der Waals surface area contributed by atoms with Gasteiger partial charge in [-0.3, -0.25) is 4.21 Å². The second kappa shape index (κ2) is 7.97. The van der Waals surface area contributed by atoms with Crippen molar-refractivity contribution in [2.75, 3.05) is 18.8 Å². The van der Waals surface area contributed by atoms with Crippen molar-refractivity contribution in [1.82, 2.24) is 10.2 Å². The number of likely N-dealkylation sites (tertiary alicyclic amines) is 1. The molecule has 1 aliphatic carbocycles. The molecular weight excluding hydrogens is 312 g/mol. The SMILES string of the molecule is CC[S@](=O)[C@@H]1CCC[C@@H](N[C@@H]2CCN(C(=O)OC(C)(C)C)C2)C1. The highest BCUT2D eigenvalue weighted by atomic mass is 32.2. The average Bonchev–Trinajstić information content (AvgIpc) is 2.93. The summed E-state index contributed by atoms with van der Waals surface area (Å²) < 4.78 is 17.5. The third-order valence-electron chi connectivity index (χ3n) is 4.59. The van der Waals surface area contributed by atoms with Crippen LogP contribution in [0, 0.1) is 0 Å². The molecule has 2 fully saturated rings. The fourth-order valence-corrected chi connectivity index (χ4v) is 4.84. The third kappa shape index (κ3) is 5.75. The molecule has 0 aromatic rings. The lowest BCUT2D eigenvalue weighted by molar-refractivity contribution is 0.0290. The number of hydrogen-bond donors (Lipinski definition) is 1. The number of nitrogens with zero attached hydrogens (tertiary/aromatic N) is 1. The van der Waals surface area contributed by atoms with Crippen molar-refractivity contribution >= 4 is 16.9 Å². The largest absolute Gasteiger partial charge is 0.444 e. The minimum absolute atomic E-state index is 0.213. The first-order chi connectivity index (χ1) is 10.8. The fourth-order valence-electron chi connectivity index (χ4n) is 3.49. The van der Waals surface area contributed by atoms with Gasteiger partial charge in [0.05, 0.1) is 0 Å². The smallest absolute Gasteiger partial charge is 0.410 e. The number of carbonyl (C=O) groups excluding carboxylic acids is 1. The van der Waals surface area contributed by atoms with Gasteiger partial charge in [0.2, 0.25) is 0 Å². The van der Waals surface area contributed by atoms with Crippen molar-refractivity contribution in [3.05, 3.63) is 0 Å².